The van der Waals surface area contributed by atoms with E-state index in [0.29, 0.717) is 34.4 Å². The van der Waals surface area contributed by atoms with Crippen LogP contribution in [-0.2, 0) is 19.2 Å². The van der Waals surface area contributed by atoms with Crippen molar-refractivity contribution in [2.24, 2.45) is 17.8 Å². The average molecular weight is 558 g/mol. The largest absolute Gasteiger partial charge is 0.508 e. The number of aryl methyl sites for hydroxylation is 1. The highest BCUT2D eigenvalue weighted by atomic mass is 79.9. The predicted octanol–water partition coefficient (Wildman–Crippen LogP) is 5.10. The lowest BCUT2D eigenvalue weighted by Gasteiger charge is -2.42. The first kappa shape index (κ1) is 23.8. The molecule has 2 amide bonds. The number of nitrogens with zero attached hydrogens (tertiary/aromatic N) is 1. The maximum atomic E-state index is 13.9. The number of fused-ring (bicyclic) bond motifs is 3. The van der Waals surface area contributed by atoms with Crippen molar-refractivity contribution in [2.45, 2.75) is 32.6 Å². The van der Waals surface area contributed by atoms with Crippen LogP contribution in [0.2, 0.25) is 0 Å². The van der Waals surface area contributed by atoms with Gasteiger partial charge in [0.2, 0.25) is 11.8 Å². The van der Waals surface area contributed by atoms with Crippen LogP contribution in [0.25, 0.3) is 0 Å². The van der Waals surface area contributed by atoms with Gasteiger partial charge in [-0.2, -0.15) is 0 Å². The highest BCUT2D eigenvalue weighted by Crippen LogP contribution is 2.55. The molecule has 2 aromatic rings. The smallest absolute Gasteiger partial charge is 0.238 e. The van der Waals surface area contributed by atoms with Gasteiger partial charge in [0.1, 0.15) is 5.75 Å². The van der Waals surface area contributed by atoms with E-state index in [1.807, 2.05) is 12.1 Å². The topological polar surface area (TPSA) is 91.8 Å². The molecular formula is C30H24BrNO5. The molecule has 4 unspecified atom stereocenters. The molecule has 0 bridgehead atoms. The van der Waals surface area contributed by atoms with Crippen molar-refractivity contribution in [2.75, 3.05) is 4.90 Å². The van der Waals surface area contributed by atoms with Crippen LogP contribution in [0.5, 0.6) is 5.75 Å². The summed E-state index contributed by atoms with van der Waals surface area (Å²) in [5.41, 5.74) is 4.14. The summed E-state index contributed by atoms with van der Waals surface area (Å²) in [7, 11) is 0. The molecule has 1 aliphatic heterocycles. The molecule has 6 nitrogen and oxygen atoms in total. The molecule has 1 fully saturated rings. The van der Waals surface area contributed by atoms with Gasteiger partial charge < -0.3 is 5.11 Å². The monoisotopic (exact) mass is 557 g/mol. The van der Waals surface area contributed by atoms with E-state index in [1.165, 1.54) is 11.0 Å². The van der Waals surface area contributed by atoms with Crippen molar-refractivity contribution in [3.05, 3.63) is 92.5 Å². The Kier molecular flexibility index (Phi) is 5.46. The maximum Gasteiger partial charge on any atom is 0.238 e. The summed E-state index contributed by atoms with van der Waals surface area (Å²) < 4.78 is 0.847. The van der Waals surface area contributed by atoms with Crippen LogP contribution < -0.4 is 4.90 Å². The first-order valence-corrected chi connectivity index (χ1v) is 13.1. The second kappa shape index (κ2) is 8.48. The number of benzene rings is 2. The minimum absolute atomic E-state index is 0.145. The lowest BCUT2D eigenvalue weighted by molar-refractivity contribution is -0.123. The molecule has 0 radical (unpaired) electrons. The van der Waals surface area contributed by atoms with Gasteiger partial charge in [-0.05, 0) is 80.1 Å². The van der Waals surface area contributed by atoms with E-state index in [0.717, 1.165) is 15.6 Å². The predicted molar refractivity (Wildman–Crippen MR) is 141 cm³/mol. The zero-order chi connectivity index (χ0) is 26.2. The molecule has 2 aromatic carbocycles. The van der Waals surface area contributed by atoms with E-state index >= 15 is 0 Å². The van der Waals surface area contributed by atoms with Crippen molar-refractivity contribution in [1.82, 2.24) is 0 Å². The molecule has 1 saturated heterocycles. The van der Waals surface area contributed by atoms with Crippen molar-refractivity contribution < 1.29 is 24.3 Å². The van der Waals surface area contributed by atoms with Crippen LogP contribution in [0.15, 0.2) is 81.4 Å². The van der Waals surface area contributed by atoms with Crippen LogP contribution in [0.1, 0.15) is 36.8 Å². The Labute approximate surface area is 222 Å². The van der Waals surface area contributed by atoms with Crippen LogP contribution in [0.4, 0.5) is 5.69 Å². The number of carbonyl (C=O) groups excluding carboxylic acids is 4. The van der Waals surface area contributed by atoms with Crippen LogP contribution in [-0.4, -0.2) is 28.5 Å². The van der Waals surface area contributed by atoms with Gasteiger partial charge >= 0.3 is 0 Å². The fourth-order valence-corrected chi connectivity index (χ4v) is 6.73. The molecule has 0 spiro atoms. The number of phenolic OH excluding ortho intramolecular Hbond substituents is 1. The van der Waals surface area contributed by atoms with Crippen molar-refractivity contribution >= 4 is 45.0 Å². The summed E-state index contributed by atoms with van der Waals surface area (Å²) in [5.74, 6) is -2.75. The van der Waals surface area contributed by atoms with Gasteiger partial charge in [-0.1, -0.05) is 39.7 Å². The standard InChI is InChI=1S/C30H24BrNO5/c1-14-11-16(3-10-23(14)33)25-19-8-9-20-26(21(19)13-22-27(25)24(34)12-15(2)28(22)35)30(37)32(29(20)36)18-6-4-17(31)5-7-18/h3-8,10-12,20-21,25-26,33H,9,13H2,1-2H3. The summed E-state index contributed by atoms with van der Waals surface area (Å²) in [6, 6.07) is 12.3. The highest BCUT2D eigenvalue weighted by molar-refractivity contribution is 9.10. The highest BCUT2D eigenvalue weighted by Gasteiger charge is 2.56. The number of hydrogen-bond donors (Lipinski definition) is 1. The number of imide groups is 1. The second-order valence-electron chi connectivity index (χ2n) is 10.3. The van der Waals surface area contributed by atoms with E-state index in [1.54, 1.807) is 50.2 Å². The Hall–Kier alpha value is -3.58. The molecule has 4 aliphatic rings. The summed E-state index contributed by atoms with van der Waals surface area (Å²) in [4.78, 5) is 55.3. The van der Waals surface area contributed by atoms with E-state index < -0.39 is 17.8 Å². The van der Waals surface area contributed by atoms with Gasteiger partial charge in [-0.15, -0.1) is 0 Å². The molecule has 0 saturated carbocycles. The number of anilines is 1. The Balaban J connectivity index is 1.49. The van der Waals surface area contributed by atoms with Gasteiger partial charge in [0.05, 0.1) is 17.5 Å². The van der Waals surface area contributed by atoms with Gasteiger partial charge in [0.15, 0.2) is 11.6 Å². The Morgan fingerprint density at radius 1 is 0.946 bits per heavy atom. The molecule has 3 aliphatic carbocycles. The summed E-state index contributed by atoms with van der Waals surface area (Å²) in [6.45, 7) is 3.42. The molecule has 1 N–H and O–H groups in total. The minimum Gasteiger partial charge on any atom is -0.508 e. The minimum atomic E-state index is -0.611. The molecule has 4 atom stereocenters. The number of amides is 2. The van der Waals surface area contributed by atoms with E-state index in [-0.39, 0.29) is 41.5 Å². The molecule has 0 aromatic heterocycles. The fourth-order valence-electron chi connectivity index (χ4n) is 6.46. The number of hydrogen-bond acceptors (Lipinski definition) is 5. The number of Topliss-reactive ketones (excluding diaryl/α,β-unsaturated/α-hetero) is 1. The summed E-state index contributed by atoms with van der Waals surface area (Å²) in [5, 5.41) is 10.1. The Morgan fingerprint density at radius 2 is 1.68 bits per heavy atom. The number of halogens is 1. The average Bonchev–Trinajstić information content (AvgIpc) is 3.13. The third-order valence-electron chi connectivity index (χ3n) is 8.20. The molecule has 7 heteroatoms. The van der Waals surface area contributed by atoms with Crippen molar-refractivity contribution in [3.63, 3.8) is 0 Å². The van der Waals surface area contributed by atoms with E-state index in [4.69, 9.17) is 0 Å². The second-order valence-corrected chi connectivity index (χ2v) is 11.2. The zero-order valence-corrected chi connectivity index (χ0v) is 21.9. The number of allylic oxidation sites excluding steroid dienone is 6. The van der Waals surface area contributed by atoms with E-state index in [2.05, 4.69) is 15.9 Å². The van der Waals surface area contributed by atoms with Crippen molar-refractivity contribution in [1.29, 1.82) is 0 Å². The SMILES string of the molecule is CC1=CC(=O)C2=C(CC3C(=CCC4C(=O)N(c5ccc(Br)cc5)C(=O)C43)C2c2ccc(O)c(C)c2)C1=O. The molecule has 37 heavy (non-hydrogen) atoms. The number of carbonyl (C=O) groups is 4. The molecule has 1 heterocycles. The number of rotatable bonds is 2. The first-order chi connectivity index (χ1) is 17.7. The lowest BCUT2D eigenvalue weighted by atomic mass is 9.59. The fraction of sp³-hybridized carbons (Fsp3) is 0.267. The number of aromatic hydroxyl groups is 1. The van der Waals surface area contributed by atoms with Gasteiger partial charge in [0.25, 0.3) is 0 Å². The van der Waals surface area contributed by atoms with E-state index in [9.17, 15) is 24.3 Å². The normalized spacial score (nSPS) is 27.1. The van der Waals surface area contributed by atoms with Crippen LogP contribution >= 0.6 is 15.9 Å². The Morgan fingerprint density at radius 3 is 2.38 bits per heavy atom. The quantitative estimate of drug-likeness (QED) is 0.315. The first-order valence-electron chi connectivity index (χ1n) is 12.3. The summed E-state index contributed by atoms with van der Waals surface area (Å²) in [6.07, 6.45) is 4.04. The van der Waals surface area contributed by atoms with Gasteiger partial charge in [0, 0.05) is 27.1 Å². The Bertz CT molecular complexity index is 1510. The number of phenols is 1. The molecule has 6 rings (SSSR count). The van der Waals surface area contributed by atoms with Crippen molar-refractivity contribution in [3.8, 4) is 5.75 Å². The molecular weight excluding hydrogens is 534 g/mol. The molecule has 186 valence electrons. The third kappa shape index (κ3) is 3.51. The third-order valence-corrected chi connectivity index (χ3v) is 8.73. The lowest BCUT2D eigenvalue weighted by Crippen LogP contribution is -2.39. The maximum absolute atomic E-state index is 13.9. The van der Waals surface area contributed by atoms with Crippen LogP contribution in [0.3, 0.4) is 0 Å². The van der Waals surface area contributed by atoms with Crippen LogP contribution in [0, 0.1) is 24.7 Å². The van der Waals surface area contributed by atoms with Gasteiger partial charge in [-0.3, -0.25) is 24.1 Å². The summed E-state index contributed by atoms with van der Waals surface area (Å²) >= 11 is 3.40. The van der Waals surface area contributed by atoms with Gasteiger partial charge in [-0.25, -0.2) is 0 Å². The zero-order valence-electron chi connectivity index (χ0n) is 20.3. The number of ketones is 2.